The van der Waals surface area contributed by atoms with Crippen LogP contribution in [-0.2, 0) is 0 Å². The van der Waals surface area contributed by atoms with E-state index in [-0.39, 0.29) is 5.78 Å². The summed E-state index contributed by atoms with van der Waals surface area (Å²) in [5, 5.41) is 0.902. The van der Waals surface area contributed by atoms with Crippen molar-refractivity contribution in [2.24, 2.45) is 0 Å². The number of rotatable bonds is 5. The Hall–Kier alpha value is -4.26. The molecule has 6 rings (SSSR count). The van der Waals surface area contributed by atoms with Crippen LogP contribution in [-0.4, -0.2) is 57.3 Å². The normalized spacial score (nSPS) is 15.1. The molecule has 2 aliphatic rings. The van der Waals surface area contributed by atoms with E-state index >= 15 is 0 Å². The highest BCUT2D eigenvalue weighted by molar-refractivity contribution is 6.16. The van der Waals surface area contributed by atoms with Crippen LogP contribution in [0.5, 0.6) is 17.2 Å². The molecule has 0 aliphatic carbocycles. The number of carbonyl (C=O) groups excluding carboxylic acids is 1. The van der Waals surface area contributed by atoms with Crippen molar-refractivity contribution in [2.45, 2.75) is 0 Å². The minimum Gasteiger partial charge on any atom is -0.497 e. The third kappa shape index (κ3) is 4.06. The summed E-state index contributed by atoms with van der Waals surface area (Å²) >= 11 is 0. The predicted octanol–water partition coefficient (Wildman–Crippen LogP) is 4.57. The van der Waals surface area contributed by atoms with Crippen LogP contribution in [0.2, 0.25) is 0 Å². The molecule has 0 unspecified atom stereocenters. The second kappa shape index (κ2) is 9.41. The quantitative estimate of drug-likeness (QED) is 0.387. The first-order chi connectivity index (χ1) is 17.7. The van der Waals surface area contributed by atoms with Crippen LogP contribution < -0.4 is 24.0 Å². The molecule has 3 heterocycles. The van der Waals surface area contributed by atoms with E-state index in [1.165, 1.54) is 0 Å². The van der Waals surface area contributed by atoms with Crippen molar-refractivity contribution >= 4 is 28.1 Å². The number of hydrogen-bond donors (Lipinski definition) is 0. The molecule has 4 aromatic rings. The van der Waals surface area contributed by atoms with Gasteiger partial charge in [0.2, 0.25) is 0 Å². The molecule has 0 N–H and O–H groups in total. The third-order valence-electron chi connectivity index (χ3n) is 6.82. The Morgan fingerprint density at radius 3 is 2.22 bits per heavy atom. The molecule has 2 aliphatic heterocycles. The molecular weight excluding hydrogens is 454 g/mol. The molecule has 3 aromatic carbocycles. The molecule has 7 nitrogen and oxygen atoms in total. The molecular formula is C29H27N3O4. The summed E-state index contributed by atoms with van der Waals surface area (Å²) < 4.78 is 17.0. The number of methoxy groups -OCH3 is 1. The summed E-state index contributed by atoms with van der Waals surface area (Å²) in [5.74, 6) is 2.20. The van der Waals surface area contributed by atoms with Gasteiger partial charge in [-0.2, -0.15) is 0 Å². The molecule has 0 bridgehead atoms. The summed E-state index contributed by atoms with van der Waals surface area (Å²) in [4.78, 5) is 23.0. The van der Waals surface area contributed by atoms with E-state index in [0.29, 0.717) is 35.8 Å². The molecule has 0 spiro atoms. The number of aromatic nitrogens is 1. The smallest absolute Gasteiger partial charge is 0.196 e. The fourth-order valence-corrected chi connectivity index (χ4v) is 4.95. The van der Waals surface area contributed by atoms with Crippen LogP contribution >= 0.6 is 0 Å². The predicted molar refractivity (Wildman–Crippen MR) is 140 cm³/mol. The third-order valence-corrected chi connectivity index (χ3v) is 6.82. The highest BCUT2D eigenvalue weighted by Crippen LogP contribution is 2.40. The lowest BCUT2D eigenvalue weighted by Crippen LogP contribution is -2.47. The van der Waals surface area contributed by atoms with Gasteiger partial charge < -0.3 is 24.0 Å². The van der Waals surface area contributed by atoms with E-state index < -0.39 is 0 Å². The molecule has 182 valence electrons. The molecule has 1 aromatic heterocycles. The second-order valence-electron chi connectivity index (χ2n) is 8.90. The molecule has 0 amide bonds. The minimum absolute atomic E-state index is 0.0347. The Balaban J connectivity index is 1.38. The van der Waals surface area contributed by atoms with Crippen LogP contribution in [0.25, 0.3) is 10.9 Å². The maximum atomic E-state index is 13.6. The van der Waals surface area contributed by atoms with Crippen molar-refractivity contribution in [3.8, 4) is 17.2 Å². The van der Waals surface area contributed by atoms with Gasteiger partial charge in [-0.3, -0.25) is 9.78 Å². The fourth-order valence-electron chi connectivity index (χ4n) is 4.95. The lowest BCUT2D eigenvalue weighted by molar-refractivity contribution is 0.103. The molecule has 36 heavy (non-hydrogen) atoms. The summed E-state index contributed by atoms with van der Waals surface area (Å²) in [5.41, 5.74) is 4.10. The van der Waals surface area contributed by atoms with Gasteiger partial charge in [0.05, 0.1) is 23.9 Å². The molecule has 1 saturated heterocycles. The van der Waals surface area contributed by atoms with Crippen molar-refractivity contribution in [1.82, 2.24) is 4.98 Å². The SMILES string of the molecule is COc1ccc(N2CCN(c3c(C(=O)c4ccccc4)cnc4cc5c(cc34)OCCO5)CC2)cc1. The van der Waals surface area contributed by atoms with Gasteiger partial charge >= 0.3 is 0 Å². The van der Waals surface area contributed by atoms with Gasteiger partial charge in [-0.15, -0.1) is 0 Å². The van der Waals surface area contributed by atoms with Crippen LogP contribution in [0, 0.1) is 0 Å². The van der Waals surface area contributed by atoms with Gasteiger partial charge in [0, 0.05) is 55.1 Å². The standard InChI is InChI=1S/C29H27N3O4/c1-34-22-9-7-21(8-10-22)31-11-13-32(14-12-31)28-23-17-26-27(36-16-15-35-26)18-25(23)30-19-24(28)29(33)20-5-3-2-4-6-20/h2-10,17-19H,11-16H2,1H3. The van der Waals surface area contributed by atoms with E-state index in [4.69, 9.17) is 14.2 Å². The number of fused-ring (bicyclic) bond motifs is 2. The molecule has 0 radical (unpaired) electrons. The first-order valence-corrected chi connectivity index (χ1v) is 12.2. The number of benzene rings is 3. The Morgan fingerprint density at radius 2 is 1.53 bits per heavy atom. The number of piperazine rings is 1. The zero-order chi connectivity index (χ0) is 24.5. The van der Waals surface area contributed by atoms with Crippen molar-refractivity contribution in [3.63, 3.8) is 0 Å². The first-order valence-electron chi connectivity index (χ1n) is 12.2. The average Bonchev–Trinajstić information content (AvgIpc) is 2.96. The van der Waals surface area contributed by atoms with Gasteiger partial charge in [0.1, 0.15) is 19.0 Å². The van der Waals surface area contributed by atoms with Gasteiger partial charge in [-0.25, -0.2) is 0 Å². The van der Waals surface area contributed by atoms with Crippen molar-refractivity contribution in [2.75, 3.05) is 56.3 Å². The topological polar surface area (TPSA) is 64.1 Å². The zero-order valence-electron chi connectivity index (χ0n) is 20.1. The fraction of sp³-hybridized carbons (Fsp3) is 0.241. The highest BCUT2D eigenvalue weighted by Gasteiger charge is 2.26. The zero-order valence-corrected chi connectivity index (χ0v) is 20.1. The number of nitrogens with zero attached hydrogens (tertiary/aromatic N) is 3. The van der Waals surface area contributed by atoms with Crippen LogP contribution in [0.15, 0.2) is 72.9 Å². The Kier molecular flexibility index (Phi) is 5.81. The average molecular weight is 482 g/mol. The van der Waals surface area contributed by atoms with Gasteiger partial charge in [-0.05, 0) is 30.3 Å². The maximum absolute atomic E-state index is 13.6. The monoisotopic (exact) mass is 481 g/mol. The van der Waals surface area contributed by atoms with Crippen LogP contribution in [0.3, 0.4) is 0 Å². The summed E-state index contributed by atoms with van der Waals surface area (Å²) in [7, 11) is 1.68. The number of ether oxygens (including phenoxy) is 3. The Bertz CT molecular complexity index is 1400. The summed E-state index contributed by atoms with van der Waals surface area (Å²) in [6, 6.07) is 21.4. The highest BCUT2D eigenvalue weighted by atomic mass is 16.6. The number of hydrogen-bond acceptors (Lipinski definition) is 7. The van der Waals surface area contributed by atoms with E-state index in [1.807, 2.05) is 54.6 Å². The number of ketones is 1. The van der Waals surface area contributed by atoms with Gasteiger partial charge in [-0.1, -0.05) is 30.3 Å². The lowest BCUT2D eigenvalue weighted by atomic mass is 9.99. The first kappa shape index (κ1) is 22.2. The number of pyridine rings is 1. The Labute approximate surface area is 209 Å². The van der Waals surface area contributed by atoms with E-state index in [0.717, 1.165) is 54.2 Å². The number of carbonyl (C=O) groups is 1. The molecule has 0 saturated carbocycles. The van der Waals surface area contributed by atoms with E-state index in [9.17, 15) is 4.79 Å². The van der Waals surface area contributed by atoms with Gasteiger partial charge in [0.25, 0.3) is 0 Å². The number of anilines is 2. The summed E-state index contributed by atoms with van der Waals surface area (Å²) in [6.07, 6.45) is 1.71. The molecule has 7 heteroatoms. The van der Waals surface area contributed by atoms with Crippen molar-refractivity contribution in [1.29, 1.82) is 0 Å². The van der Waals surface area contributed by atoms with Crippen LogP contribution in [0.1, 0.15) is 15.9 Å². The Morgan fingerprint density at radius 1 is 0.861 bits per heavy atom. The lowest BCUT2D eigenvalue weighted by Gasteiger charge is -2.38. The maximum Gasteiger partial charge on any atom is 0.196 e. The largest absolute Gasteiger partial charge is 0.497 e. The summed E-state index contributed by atoms with van der Waals surface area (Å²) in [6.45, 7) is 4.23. The van der Waals surface area contributed by atoms with E-state index in [1.54, 1.807) is 13.3 Å². The molecule has 1 fully saturated rings. The second-order valence-corrected chi connectivity index (χ2v) is 8.90. The van der Waals surface area contributed by atoms with E-state index in [2.05, 4.69) is 26.9 Å². The minimum atomic E-state index is -0.0347. The van der Waals surface area contributed by atoms with Crippen LogP contribution in [0.4, 0.5) is 11.4 Å². The van der Waals surface area contributed by atoms with Crippen molar-refractivity contribution < 1.29 is 19.0 Å². The van der Waals surface area contributed by atoms with Crippen molar-refractivity contribution in [3.05, 3.63) is 84.1 Å². The van der Waals surface area contributed by atoms with Gasteiger partial charge in [0.15, 0.2) is 17.3 Å². The molecule has 0 atom stereocenters.